The fraction of sp³-hybridized carbons (Fsp3) is 0.771. The van der Waals surface area contributed by atoms with E-state index >= 15 is 0 Å². The molecular formula is C48H97N11O20S. The van der Waals surface area contributed by atoms with Crippen LogP contribution in [0, 0.1) is 23.7 Å². The summed E-state index contributed by atoms with van der Waals surface area (Å²) >= 11 is 1.58. The number of primary amides is 1. The van der Waals surface area contributed by atoms with Gasteiger partial charge in [0.2, 0.25) is 5.91 Å². The fourth-order valence-electron chi connectivity index (χ4n) is 5.14. The molecule has 0 radical (unpaired) electrons. The Labute approximate surface area is 472 Å². The van der Waals surface area contributed by atoms with Crippen molar-refractivity contribution in [3.05, 3.63) is 0 Å². The Morgan fingerprint density at radius 2 is 0.912 bits per heavy atom. The van der Waals surface area contributed by atoms with Crippen LogP contribution >= 0.6 is 11.8 Å². The highest BCUT2D eigenvalue weighted by atomic mass is 32.2. The molecule has 10 atom stereocenters. The maximum atomic E-state index is 11.4. The van der Waals surface area contributed by atoms with Gasteiger partial charge in [0.05, 0.1) is 6.54 Å². The number of ether oxygens (including phenoxy) is 2. The molecule has 0 unspecified atom stereocenters. The Bertz CT molecular complexity index is 1770. The van der Waals surface area contributed by atoms with Gasteiger partial charge in [-0.3, -0.25) is 43.2 Å². The van der Waals surface area contributed by atoms with Gasteiger partial charge in [-0.05, 0) is 107 Å². The first kappa shape index (κ1) is 85.6. The summed E-state index contributed by atoms with van der Waals surface area (Å²) < 4.78 is 9.58. The maximum absolute atomic E-state index is 11.4. The maximum Gasteiger partial charge on any atom is 0.330 e. The normalized spacial score (nSPS) is 16.9. The first-order chi connectivity index (χ1) is 36.7. The van der Waals surface area contributed by atoms with Crippen LogP contribution in [-0.4, -0.2) is 193 Å². The molecule has 2 saturated heterocycles. The number of nitrogens with two attached hydrogens (primary N) is 9. The minimum atomic E-state index is -1.17. The van der Waals surface area contributed by atoms with Gasteiger partial charge in [0.15, 0.2) is 0 Å². The zero-order chi connectivity index (χ0) is 64.2. The van der Waals surface area contributed by atoms with E-state index in [-0.39, 0.29) is 49.2 Å². The molecule has 0 aliphatic carbocycles. The van der Waals surface area contributed by atoms with Crippen molar-refractivity contribution in [3.8, 4) is 0 Å². The summed E-state index contributed by atoms with van der Waals surface area (Å²) in [6.45, 7) is 17.7. The highest BCUT2D eigenvalue weighted by Crippen LogP contribution is 2.10. The quantitative estimate of drug-likeness (QED) is 0.0356. The molecule has 2 aliphatic rings. The lowest BCUT2D eigenvalue weighted by Crippen LogP contribution is -2.45. The van der Waals surface area contributed by atoms with Crippen LogP contribution in [0.4, 0.5) is 0 Å². The van der Waals surface area contributed by atoms with Crippen LogP contribution in [0.25, 0.3) is 0 Å². The van der Waals surface area contributed by atoms with E-state index < -0.39 is 114 Å². The van der Waals surface area contributed by atoms with Gasteiger partial charge in [-0.15, -0.1) is 0 Å². The molecule has 470 valence electrons. The highest BCUT2D eigenvalue weighted by Gasteiger charge is 2.29. The van der Waals surface area contributed by atoms with Gasteiger partial charge in [0, 0.05) is 6.42 Å². The molecule has 27 N–H and O–H groups in total. The molecule has 0 aromatic carbocycles. The van der Waals surface area contributed by atoms with Crippen LogP contribution in [0.5, 0.6) is 0 Å². The second-order valence-electron chi connectivity index (χ2n) is 19.3. The van der Waals surface area contributed by atoms with E-state index in [0.717, 1.165) is 44.5 Å². The van der Waals surface area contributed by atoms with E-state index in [2.05, 4.69) is 21.1 Å². The Morgan fingerprint density at radius 3 is 1.16 bits per heavy atom. The van der Waals surface area contributed by atoms with Gasteiger partial charge in [-0.25, -0.2) is 9.59 Å². The number of carbonyl (C=O) groups excluding carboxylic acids is 4. The van der Waals surface area contributed by atoms with Crippen LogP contribution < -0.4 is 62.2 Å². The molecule has 0 spiro atoms. The molecule has 2 fully saturated rings. The summed E-state index contributed by atoms with van der Waals surface area (Å²) in [5.74, 6) is -7.65. The Morgan fingerprint density at radius 1 is 0.537 bits per heavy atom. The van der Waals surface area contributed by atoms with Crippen molar-refractivity contribution in [2.75, 3.05) is 31.6 Å². The van der Waals surface area contributed by atoms with Gasteiger partial charge >= 0.3 is 59.7 Å². The van der Waals surface area contributed by atoms with Crippen molar-refractivity contribution in [2.24, 2.45) is 75.3 Å². The molecule has 2 heterocycles. The van der Waals surface area contributed by atoms with Crippen LogP contribution in [0.1, 0.15) is 120 Å². The second-order valence-corrected chi connectivity index (χ2v) is 20.3. The van der Waals surface area contributed by atoms with Crippen LogP contribution in [0.15, 0.2) is 0 Å². The van der Waals surface area contributed by atoms with Crippen LogP contribution in [0.3, 0.4) is 0 Å². The third-order valence-corrected chi connectivity index (χ3v) is 10.8. The van der Waals surface area contributed by atoms with Crippen molar-refractivity contribution < 1.29 is 98.0 Å². The third kappa shape index (κ3) is 53.0. The zero-order valence-electron chi connectivity index (χ0n) is 47.8. The molecule has 2 rings (SSSR count). The number of hydrogen-bond donors (Lipinski definition) is 18. The summed E-state index contributed by atoms with van der Waals surface area (Å²) in [6, 6.07) is -6.36. The molecule has 2 aliphatic heterocycles. The lowest BCUT2D eigenvalue weighted by molar-refractivity contribution is -0.162. The Balaban J connectivity index is -0.000000201. The number of nitrogens with one attached hydrogen (secondary N) is 2. The second kappa shape index (κ2) is 50.3. The van der Waals surface area contributed by atoms with Crippen molar-refractivity contribution in [3.63, 3.8) is 0 Å². The van der Waals surface area contributed by atoms with Gasteiger partial charge in [0.1, 0.15) is 60.5 Å². The number of amides is 1. The molecular weight excluding hydrogens is 1080 g/mol. The zero-order valence-corrected chi connectivity index (χ0v) is 48.6. The average Bonchev–Trinajstić information content (AvgIpc) is 4.12. The molecule has 1 amide bonds. The fourth-order valence-corrected chi connectivity index (χ4v) is 5.63. The van der Waals surface area contributed by atoms with E-state index in [0.29, 0.717) is 25.2 Å². The van der Waals surface area contributed by atoms with Crippen molar-refractivity contribution >= 4 is 77.4 Å². The highest BCUT2D eigenvalue weighted by molar-refractivity contribution is 7.98. The molecule has 31 nitrogen and oxygen atoms in total. The average molecular weight is 1180 g/mol. The number of rotatable bonds is 24. The number of esters is 3. The van der Waals surface area contributed by atoms with Crippen molar-refractivity contribution in [1.29, 1.82) is 0 Å². The van der Waals surface area contributed by atoms with E-state index in [1.807, 2.05) is 34.0 Å². The van der Waals surface area contributed by atoms with Crippen molar-refractivity contribution in [2.45, 2.75) is 181 Å². The smallest absolute Gasteiger partial charge is 0.330 e. The predicted molar refractivity (Wildman–Crippen MR) is 297 cm³/mol. The monoisotopic (exact) mass is 1180 g/mol. The lowest BCUT2D eigenvalue weighted by Gasteiger charge is -2.19. The first-order valence-corrected chi connectivity index (χ1v) is 26.8. The lowest BCUT2D eigenvalue weighted by atomic mass is 10.1. The number of carboxylic acid groups (broad SMARTS) is 7. The van der Waals surface area contributed by atoms with E-state index in [9.17, 15) is 52.7 Å². The summed E-state index contributed by atoms with van der Waals surface area (Å²) in [7, 11) is 0. The SMILES string of the molecule is CC(C)C[C@H](N)C(=O)O.CC(C)[C@H](N)C(=O)O.CC(C)[C@H](N)C(=O)O.CSCC[C@H](N)C(=O)OC(=O)[C@@H](N)CC(C)C.C[C@@H](OC(=O)[C@@H]1CCCN1)[C@H](N)C(=O)O.NC(=O)CC[C@H](N)C(=O)O.NCC(=O)O.O=C(O)[C@@H]1CCCN1. The predicted octanol–water partition coefficient (Wildman–Crippen LogP) is -2.34. The Kier molecular flexibility index (Phi) is 53.8. The summed E-state index contributed by atoms with van der Waals surface area (Å²) in [5.41, 5.74) is 46.4. The topological polar surface area (TPSA) is 606 Å². The number of carboxylic acids is 7. The van der Waals surface area contributed by atoms with Gasteiger partial charge in [-0.1, -0.05) is 55.4 Å². The van der Waals surface area contributed by atoms with Gasteiger partial charge in [-0.2, -0.15) is 11.8 Å². The van der Waals surface area contributed by atoms with Crippen LogP contribution in [0.2, 0.25) is 0 Å². The van der Waals surface area contributed by atoms with E-state index in [1.165, 1.54) is 6.92 Å². The summed E-state index contributed by atoms with van der Waals surface area (Å²) in [5, 5.41) is 63.3. The van der Waals surface area contributed by atoms with Crippen LogP contribution in [-0.2, 0) is 62.2 Å². The minimum absolute atomic E-state index is 0.0208. The summed E-state index contributed by atoms with van der Waals surface area (Å²) in [6.07, 6.45) is 6.21. The molecule has 0 aromatic rings. The van der Waals surface area contributed by atoms with Gasteiger partial charge < -0.3 is 107 Å². The first-order valence-electron chi connectivity index (χ1n) is 25.4. The number of carbonyl (C=O) groups is 11. The molecule has 32 heteroatoms. The largest absolute Gasteiger partial charge is 0.480 e. The molecule has 0 bridgehead atoms. The van der Waals surface area contributed by atoms with Crippen molar-refractivity contribution in [1.82, 2.24) is 10.6 Å². The minimum Gasteiger partial charge on any atom is -0.480 e. The number of aliphatic carboxylic acids is 7. The molecule has 80 heavy (non-hydrogen) atoms. The van der Waals surface area contributed by atoms with Gasteiger partial charge in [0.25, 0.3) is 0 Å². The van der Waals surface area contributed by atoms with E-state index in [4.69, 9.17) is 86.4 Å². The Hall–Kier alpha value is -5.68. The molecule has 0 saturated carbocycles. The standard InChI is InChI=1S/C11H22N2O3S.C9H16N2O4.C6H13NO2.C5H10N2O3.C5H9NO2.2C5H11NO2.C2H5NO2/c1-7(2)6-9(13)11(15)16-10(14)8(12)4-5-17-3;1-5(7(10)8(12)13)15-9(14)6-3-2-4-11-6;1-4(2)3-5(7)6(8)9;6-3(5(9)10)1-2-4(7)8;7-5(8)4-2-1-3-6-4;2*1-3(2)4(6)5(7)8;3-1-2(4)5/h7-9H,4-6,12-13H2,1-3H3;5-7,11H,2-4,10H2,1H3,(H,12,13);4-5H,3,7H2,1-2H3,(H,8,9);3H,1-2,6H2,(H2,7,8)(H,9,10);4,6H,1-3H2,(H,7,8);2*3-4H,6H2,1-2H3,(H,7,8);1,3H2,(H,4,5)/t8-,9-;5-,6+,7+;5-;3-;3*4-;/m0100000./s1. The number of hydrogen-bond acceptors (Lipinski definition) is 24. The van der Waals surface area contributed by atoms with E-state index in [1.54, 1.807) is 39.5 Å². The number of thioether (sulfide) groups is 1. The third-order valence-electron chi connectivity index (χ3n) is 10.2. The molecule has 0 aromatic heterocycles. The summed E-state index contributed by atoms with van der Waals surface area (Å²) in [4.78, 5) is 114.